The van der Waals surface area contributed by atoms with Gasteiger partial charge in [0.2, 0.25) is 5.95 Å². The van der Waals surface area contributed by atoms with Crippen LogP contribution in [0.1, 0.15) is 29.7 Å². The van der Waals surface area contributed by atoms with Crippen molar-refractivity contribution in [3.63, 3.8) is 0 Å². The highest BCUT2D eigenvalue weighted by Gasteiger charge is 2.35. The fraction of sp³-hybridized carbons (Fsp3) is 0.229. The summed E-state index contributed by atoms with van der Waals surface area (Å²) in [6, 6.07) is 20.7. The third kappa shape index (κ3) is 5.60. The number of aromatic nitrogens is 5. The molecule has 0 spiro atoms. The van der Waals surface area contributed by atoms with Crippen LogP contribution in [-0.4, -0.2) is 50.5 Å². The number of aliphatic hydroxyl groups is 1. The number of anilines is 1. The van der Waals surface area contributed by atoms with Crippen molar-refractivity contribution in [1.29, 1.82) is 0 Å². The van der Waals surface area contributed by atoms with Gasteiger partial charge < -0.3 is 19.5 Å². The van der Waals surface area contributed by atoms with Gasteiger partial charge in [-0.25, -0.2) is 15.0 Å². The number of ether oxygens (including phenoxy) is 2. The SMILES string of the molecule is COc1cc2c(-c3cnc(N4CCC(O)(c5ccc(F)nc5)CC4)c(C)c3)cnnc2cc1OCc1ccc2ccccc2n1. The van der Waals surface area contributed by atoms with Crippen LogP contribution in [-0.2, 0) is 12.2 Å². The number of para-hydroxylation sites is 1. The molecule has 226 valence electrons. The summed E-state index contributed by atoms with van der Waals surface area (Å²) in [6.07, 6.45) is 5.97. The molecule has 0 atom stereocenters. The standard InChI is InChI=1S/C35H31FN6O3/c1-22-15-24(18-38-34(22)42-13-11-35(43,12-14-42)25-8-10-33(36)37-19-25)28-20-39-41-30-17-32(31(44-2)16-27(28)30)45-21-26-9-7-23-5-3-4-6-29(23)40-26/h3-10,15-20,43H,11-14,21H2,1-2H3. The van der Waals surface area contributed by atoms with E-state index < -0.39 is 11.5 Å². The van der Waals surface area contributed by atoms with Gasteiger partial charge >= 0.3 is 0 Å². The zero-order valence-electron chi connectivity index (χ0n) is 24.9. The Morgan fingerprint density at radius 1 is 0.911 bits per heavy atom. The van der Waals surface area contributed by atoms with Crippen LogP contribution < -0.4 is 14.4 Å². The number of methoxy groups -OCH3 is 1. The number of hydrogen-bond acceptors (Lipinski definition) is 9. The summed E-state index contributed by atoms with van der Waals surface area (Å²) >= 11 is 0. The van der Waals surface area contributed by atoms with Crippen LogP contribution >= 0.6 is 0 Å². The topological polar surface area (TPSA) is 106 Å². The molecule has 45 heavy (non-hydrogen) atoms. The number of fused-ring (bicyclic) bond motifs is 2. The number of piperidine rings is 1. The van der Waals surface area contributed by atoms with Crippen LogP contribution in [0.3, 0.4) is 0 Å². The molecule has 1 saturated heterocycles. The summed E-state index contributed by atoms with van der Waals surface area (Å²) in [7, 11) is 1.61. The summed E-state index contributed by atoms with van der Waals surface area (Å²) < 4.78 is 25.2. The lowest BCUT2D eigenvalue weighted by Crippen LogP contribution is -2.43. The number of hydrogen-bond donors (Lipinski definition) is 1. The van der Waals surface area contributed by atoms with Crippen molar-refractivity contribution in [3.8, 4) is 22.6 Å². The highest BCUT2D eigenvalue weighted by Crippen LogP contribution is 2.38. The molecule has 4 aromatic heterocycles. The Hall–Kier alpha value is -5.22. The summed E-state index contributed by atoms with van der Waals surface area (Å²) in [5, 5.41) is 21.8. The molecule has 1 fully saturated rings. The van der Waals surface area contributed by atoms with E-state index in [0.717, 1.165) is 44.5 Å². The summed E-state index contributed by atoms with van der Waals surface area (Å²) in [5.41, 5.74) is 4.76. The van der Waals surface area contributed by atoms with Gasteiger partial charge in [-0.05, 0) is 55.7 Å². The lowest BCUT2D eigenvalue weighted by atomic mass is 9.85. The number of nitrogens with zero attached hydrogens (tertiary/aromatic N) is 6. The molecule has 0 bridgehead atoms. The molecule has 1 N–H and O–H groups in total. The van der Waals surface area contributed by atoms with Gasteiger partial charge in [0.25, 0.3) is 0 Å². The Morgan fingerprint density at radius 2 is 1.76 bits per heavy atom. The summed E-state index contributed by atoms with van der Waals surface area (Å²) in [6.45, 7) is 3.52. The summed E-state index contributed by atoms with van der Waals surface area (Å²) in [5.74, 6) is 1.44. The van der Waals surface area contributed by atoms with Crippen LogP contribution in [0.15, 0.2) is 85.3 Å². The van der Waals surface area contributed by atoms with E-state index in [1.807, 2.05) is 61.7 Å². The van der Waals surface area contributed by atoms with E-state index in [2.05, 4.69) is 26.1 Å². The van der Waals surface area contributed by atoms with Crippen molar-refractivity contribution < 1.29 is 19.0 Å². The van der Waals surface area contributed by atoms with Gasteiger partial charge in [-0.2, -0.15) is 14.6 Å². The van der Waals surface area contributed by atoms with E-state index in [9.17, 15) is 9.50 Å². The normalized spacial score (nSPS) is 14.5. The van der Waals surface area contributed by atoms with E-state index in [1.54, 1.807) is 19.4 Å². The number of aryl methyl sites for hydroxylation is 1. The molecule has 0 unspecified atom stereocenters. The molecule has 1 aliphatic heterocycles. The Bertz CT molecular complexity index is 2010. The van der Waals surface area contributed by atoms with Crippen molar-refractivity contribution in [3.05, 3.63) is 108 Å². The minimum absolute atomic E-state index is 0.277. The second-order valence-electron chi connectivity index (χ2n) is 11.3. The molecule has 0 saturated carbocycles. The largest absolute Gasteiger partial charge is 0.493 e. The lowest BCUT2D eigenvalue weighted by molar-refractivity contribution is 0.0112. The van der Waals surface area contributed by atoms with Crippen LogP contribution in [0.5, 0.6) is 11.5 Å². The fourth-order valence-corrected chi connectivity index (χ4v) is 5.98. The molecule has 7 rings (SSSR count). The molecular formula is C35H31FN6O3. The van der Waals surface area contributed by atoms with E-state index in [0.29, 0.717) is 48.5 Å². The molecule has 1 aliphatic rings. The predicted molar refractivity (Wildman–Crippen MR) is 170 cm³/mol. The third-order valence-corrected chi connectivity index (χ3v) is 8.47. The Morgan fingerprint density at radius 3 is 2.53 bits per heavy atom. The van der Waals surface area contributed by atoms with E-state index in [4.69, 9.17) is 19.4 Å². The van der Waals surface area contributed by atoms with Gasteiger partial charge in [-0.15, -0.1) is 0 Å². The quantitative estimate of drug-likeness (QED) is 0.215. The van der Waals surface area contributed by atoms with E-state index in [-0.39, 0.29) is 6.61 Å². The smallest absolute Gasteiger partial charge is 0.212 e. The monoisotopic (exact) mass is 602 g/mol. The first kappa shape index (κ1) is 28.5. The second-order valence-corrected chi connectivity index (χ2v) is 11.3. The average molecular weight is 603 g/mol. The first-order valence-corrected chi connectivity index (χ1v) is 14.8. The van der Waals surface area contributed by atoms with Crippen molar-refractivity contribution in [2.75, 3.05) is 25.1 Å². The first-order valence-electron chi connectivity index (χ1n) is 14.8. The van der Waals surface area contributed by atoms with Crippen LogP contribution in [0, 0.1) is 12.9 Å². The maximum Gasteiger partial charge on any atom is 0.212 e. The number of halogens is 1. The van der Waals surface area contributed by atoms with Gasteiger partial charge in [-0.3, -0.25) is 0 Å². The highest BCUT2D eigenvalue weighted by molar-refractivity contribution is 5.95. The Labute approximate surface area is 259 Å². The van der Waals surface area contributed by atoms with Gasteiger partial charge in [0.05, 0.1) is 35.6 Å². The zero-order chi connectivity index (χ0) is 31.0. The molecule has 0 aliphatic carbocycles. The van der Waals surface area contributed by atoms with Crippen molar-refractivity contribution >= 4 is 27.6 Å². The minimum Gasteiger partial charge on any atom is -0.493 e. The number of pyridine rings is 3. The first-order chi connectivity index (χ1) is 21.9. The molecule has 5 heterocycles. The van der Waals surface area contributed by atoms with E-state index in [1.165, 1.54) is 12.3 Å². The van der Waals surface area contributed by atoms with Gasteiger partial charge in [0.15, 0.2) is 11.5 Å². The third-order valence-electron chi connectivity index (χ3n) is 8.47. The summed E-state index contributed by atoms with van der Waals surface area (Å²) in [4.78, 5) is 15.4. The maximum atomic E-state index is 13.3. The zero-order valence-corrected chi connectivity index (χ0v) is 24.9. The molecule has 0 amide bonds. The highest BCUT2D eigenvalue weighted by atomic mass is 19.1. The van der Waals surface area contributed by atoms with Crippen molar-refractivity contribution in [2.24, 2.45) is 0 Å². The second kappa shape index (κ2) is 11.7. The van der Waals surface area contributed by atoms with Crippen LogP contribution in [0.25, 0.3) is 32.9 Å². The van der Waals surface area contributed by atoms with Crippen molar-refractivity contribution in [2.45, 2.75) is 32.0 Å². The Balaban J connectivity index is 1.11. The predicted octanol–water partition coefficient (Wildman–Crippen LogP) is 6.16. The van der Waals surface area contributed by atoms with Gasteiger partial charge in [-0.1, -0.05) is 30.3 Å². The Kier molecular flexibility index (Phi) is 7.42. The number of rotatable bonds is 7. The minimum atomic E-state index is -1.04. The molecule has 6 aromatic rings. The van der Waals surface area contributed by atoms with E-state index >= 15 is 0 Å². The molecule has 9 nitrogen and oxygen atoms in total. The lowest BCUT2D eigenvalue weighted by Gasteiger charge is -2.39. The maximum absolute atomic E-state index is 13.3. The molecular weight excluding hydrogens is 571 g/mol. The molecule has 0 radical (unpaired) electrons. The number of benzene rings is 2. The van der Waals surface area contributed by atoms with Crippen LogP contribution in [0.4, 0.5) is 10.2 Å². The van der Waals surface area contributed by atoms with Crippen molar-refractivity contribution in [1.82, 2.24) is 25.1 Å². The molecule has 2 aromatic carbocycles. The average Bonchev–Trinajstić information content (AvgIpc) is 3.07. The van der Waals surface area contributed by atoms with Crippen LogP contribution in [0.2, 0.25) is 0 Å². The fourth-order valence-electron chi connectivity index (χ4n) is 5.98. The van der Waals surface area contributed by atoms with Gasteiger partial charge in [0.1, 0.15) is 12.4 Å². The van der Waals surface area contributed by atoms with Gasteiger partial charge in [0, 0.05) is 59.0 Å². The molecule has 10 heteroatoms.